The minimum absolute atomic E-state index is 0.205. The number of primary amides is 1. The minimum Gasteiger partial charge on any atom is -0.389 e. The van der Waals surface area contributed by atoms with Crippen LogP contribution in [-0.4, -0.2) is 32.9 Å². The number of hydrogen-bond donors (Lipinski definition) is 3. The summed E-state index contributed by atoms with van der Waals surface area (Å²) < 4.78 is 0. The summed E-state index contributed by atoms with van der Waals surface area (Å²) in [4.78, 5) is 22.0. The molecule has 2 amide bonds. The number of amides is 2. The summed E-state index contributed by atoms with van der Waals surface area (Å²) in [5, 5.41) is 25.8. The SMILES string of the molecule is CCC[C@@]1([N+](=O)[O-])CC[C@@](C)(O)[C@H](/C(C)=N/NC(N)=O)C1. The van der Waals surface area contributed by atoms with Crippen molar-refractivity contribution in [1.82, 2.24) is 5.43 Å². The van der Waals surface area contributed by atoms with Crippen LogP contribution >= 0.6 is 0 Å². The van der Waals surface area contributed by atoms with E-state index in [1.165, 1.54) is 0 Å². The summed E-state index contributed by atoms with van der Waals surface area (Å²) in [6, 6.07) is -0.807. The molecule has 8 heteroatoms. The van der Waals surface area contributed by atoms with E-state index in [9.17, 15) is 20.0 Å². The third-order valence-corrected chi connectivity index (χ3v) is 4.38. The molecule has 21 heavy (non-hydrogen) atoms. The maximum absolute atomic E-state index is 11.5. The average Bonchev–Trinajstić information content (AvgIpc) is 2.38. The number of hydrogen-bond acceptors (Lipinski definition) is 5. The molecule has 1 aliphatic carbocycles. The highest BCUT2D eigenvalue weighted by atomic mass is 16.6. The number of nitrogens with one attached hydrogen (secondary N) is 1. The van der Waals surface area contributed by atoms with Crippen molar-refractivity contribution in [2.45, 2.75) is 64.0 Å². The number of carbonyl (C=O) groups is 1. The van der Waals surface area contributed by atoms with Crippen LogP contribution in [0.1, 0.15) is 52.9 Å². The van der Waals surface area contributed by atoms with Gasteiger partial charge in [0.05, 0.1) is 5.60 Å². The summed E-state index contributed by atoms with van der Waals surface area (Å²) in [5.74, 6) is -0.491. The number of hydrazone groups is 1. The van der Waals surface area contributed by atoms with Crippen molar-refractivity contribution in [3.8, 4) is 0 Å². The maximum atomic E-state index is 11.5. The number of carbonyl (C=O) groups excluding carboxylic acids is 1. The summed E-state index contributed by atoms with van der Waals surface area (Å²) in [5.41, 5.74) is 5.40. The first kappa shape index (κ1) is 17.4. The van der Waals surface area contributed by atoms with Crippen molar-refractivity contribution in [3.63, 3.8) is 0 Å². The molecule has 1 aliphatic rings. The van der Waals surface area contributed by atoms with Gasteiger partial charge in [-0.15, -0.1) is 0 Å². The van der Waals surface area contributed by atoms with E-state index >= 15 is 0 Å². The molecule has 0 spiro atoms. The molecule has 3 atom stereocenters. The van der Waals surface area contributed by atoms with Crippen molar-refractivity contribution >= 4 is 11.7 Å². The van der Waals surface area contributed by atoms with Crippen LogP contribution in [0, 0.1) is 16.0 Å². The molecule has 1 rings (SSSR count). The van der Waals surface area contributed by atoms with E-state index in [-0.39, 0.29) is 11.3 Å². The molecule has 120 valence electrons. The van der Waals surface area contributed by atoms with Crippen molar-refractivity contribution in [3.05, 3.63) is 10.1 Å². The van der Waals surface area contributed by atoms with Gasteiger partial charge in [0.15, 0.2) is 0 Å². The Labute approximate surface area is 123 Å². The first-order chi connectivity index (χ1) is 9.64. The Bertz CT molecular complexity index is 449. The zero-order valence-corrected chi connectivity index (χ0v) is 12.8. The molecule has 1 fully saturated rings. The second-order valence-electron chi connectivity index (χ2n) is 6.07. The molecule has 0 aliphatic heterocycles. The van der Waals surface area contributed by atoms with Gasteiger partial charge in [-0.2, -0.15) is 5.10 Å². The molecule has 1 saturated carbocycles. The Morgan fingerprint density at radius 1 is 1.57 bits per heavy atom. The van der Waals surface area contributed by atoms with E-state index in [1.807, 2.05) is 6.92 Å². The molecule has 0 radical (unpaired) electrons. The normalized spacial score (nSPS) is 33.5. The lowest BCUT2D eigenvalue weighted by atomic mass is 9.65. The van der Waals surface area contributed by atoms with Crippen molar-refractivity contribution in [2.24, 2.45) is 16.8 Å². The minimum atomic E-state index is -1.08. The molecule has 8 nitrogen and oxygen atoms in total. The molecule has 0 aromatic heterocycles. The third-order valence-electron chi connectivity index (χ3n) is 4.38. The van der Waals surface area contributed by atoms with Gasteiger partial charge in [0.25, 0.3) is 0 Å². The molecule has 0 heterocycles. The van der Waals surface area contributed by atoms with Crippen LogP contribution in [0.3, 0.4) is 0 Å². The first-order valence-electron chi connectivity index (χ1n) is 7.11. The summed E-state index contributed by atoms with van der Waals surface area (Å²) in [7, 11) is 0. The van der Waals surface area contributed by atoms with Crippen LogP contribution in [-0.2, 0) is 0 Å². The fraction of sp³-hybridized carbons (Fsp3) is 0.846. The first-order valence-corrected chi connectivity index (χ1v) is 7.11. The number of nitro groups is 1. The topological polar surface area (TPSA) is 131 Å². The Hall–Kier alpha value is -1.70. The third kappa shape index (κ3) is 3.90. The van der Waals surface area contributed by atoms with Crippen molar-refractivity contribution in [1.29, 1.82) is 0 Å². The van der Waals surface area contributed by atoms with Gasteiger partial charge in [0, 0.05) is 35.8 Å². The number of aliphatic hydroxyl groups is 1. The lowest BCUT2D eigenvalue weighted by molar-refractivity contribution is -0.579. The lowest BCUT2D eigenvalue weighted by Crippen LogP contribution is -2.54. The van der Waals surface area contributed by atoms with E-state index in [1.54, 1.807) is 13.8 Å². The number of nitrogens with zero attached hydrogens (tertiary/aromatic N) is 2. The molecule has 0 bridgehead atoms. The zero-order valence-electron chi connectivity index (χ0n) is 12.8. The predicted octanol–water partition coefficient (Wildman–Crippen LogP) is 1.40. The summed E-state index contributed by atoms with van der Waals surface area (Å²) >= 11 is 0. The smallest absolute Gasteiger partial charge is 0.332 e. The summed E-state index contributed by atoms with van der Waals surface area (Å²) in [6.45, 7) is 5.19. The maximum Gasteiger partial charge on any atom is 0.332 e. The van der Waals surface area contributed by atoms with Crippen LogP contribution in [0.5, 0.6) is 0 Å². The van der Waals surface area contributed by atoms with E-state index < -0.39 is 23.1 Å². The van der Waals surface area contributed by atoms with E-state index in [2.05, 4.69) is 10.5 Å². The molecule has 0 saturated heterocycles. The van der Waals surface area contributed by atoms with Crippen LogP contribution in [0.25, 0.3) is 0 Å². The van der Waals surface area contributed by atoms with Crippen LogP contribution < -0.4 is 11.2 Å². The molecule has 4 N–H and O–H groups in total. The van der Waals surface area contributed by atoms with E-state index in [4.69, 9.17) is 5.73 Å². The van der Waals surface area contributed by atoms with Gasteiger partial charge in [-0.25, -0.2) is 10.2 Å². The van der Waals surface area contributed by atoms with Crippen LogP contribution in [0.4, 0.5) is 4.79 Å². The van der Waals surface area contributed by atoms with E-state index in [0.29, 0.717) is 31.4 Å². The standard InChI is InChI=1S/C13H24N4O4/c1-4-5-13(17(20)21)7-6-12(3,19)10(8-13)9(2)15-16-11(14)18/h10,19H,4-8H2,1-3H3,(H3,14,16,18)/b15-9+/t10-,12+,13+/m0/s1. The van der Waals surface area contributed by atoms with Gasteiger partial charge in [-0.1, -0.05) is 6.92 Å². The van der Waals surface area contributed by atoms with Crippen molar-refractivity contribution in [2.75, 3.05) is 0 Å². The monoisotopic (exact) mass is 300 g/mol. The van der Waals surface area contributed by atoms with Gasteiger partial charge < -0.3 is 10.8 Å². The number of urea groups is 1. The zero-order chi connectivity index (χ0) is 16.3. The highest BCUT2D eigenvalue weighted by Gasteiger charge is 2.53. The quantitative estimate of drug-likeness (QED) is 0.402. The van der Waals surface area contributed by atoms with Gasteiger partial charge in [-0.05, 0) is 26.7 Å². The molecular formula is C13H24N4O4. The highest BCUT2D eigenvalue weighted by Crippen LogP contribution is 2.43. The van der Waals surface area contributed by atoms with Gasteiger partial charge in [-0.3, -0.25) is 10.1 Å². The molecule has 0 unspecified atom stereocenters. The van der Waals surface area contributed by atoms with Gasteiger partial charge in [0.1, 0.15) is 0 Å². The second-order valence-corrected chi connectivity index (χ2v) is 6.07. The van der Waals surface area contributed by atoms with E-state index in [0.717, 1.165) is 0 Å². The molecular weight excluding hydrogens is 276 g/mol. The summed E-state index contributed by atoms with van der Waals surface area (Å²) in [6.07, 6.45) is 2.03. The largest absolute Gasteiger partial charge is 0.389 e. The predicted molar refractivity (Wildman–Crippen MR) is 78.4 cm³/mol. The Morgan fingerprint density at radius 3 is 2.67 bits per heavy atom. The number of nitrogens with two attached hydrogens (primary N) is 1. The fourth-order valence-corrected chi connectivity index (χ4v) is 3.13. The Morgan fingerprint density at radius 2 is 2.19 bits per heavy atom. The lowest BCUT2D eigenvalue weighted by Gasteiger charge is -2.43. The molecule has 0 aromatic rings. The highest BCUT2D eigenvalue weighted by molar-refractivity contribution is 5.87. The fourth-order valence-electron chi connectivity index (χ4n) is 3.13. The van der Waals surface area contributed by atoms with Crippen LogP contribution in [0.2, 0.25) is 0 Å². The average molecular weight is 300 g/mol. The second kappa shape index (κ2) is 6.38. The number of rotatable bonds is 5. The van der Waals surface area contributed by atoms with Gasteiger partial charge >= 0.3 is 6.03 Å². The van der Waals surface area contributed by atoms with Crippen molar-refractivity contribution < 1.29 is 14.8 Å². The molecule has 0 aromatic carbocycles. The van der Waals surface area contributed by atoms with Crippen LogP contribution in [0.15, 0.2) is 5.10 Å². The van der Waals surface area contributed by atoms with Gasteiger partial charge in [0.2, 0.25) is 5.54 Å². The Kier molecular flexibility index (Phi) is 5.27. The Balaban J connectivity index is 3.05.